The molecule has 1 amide bonds. The normalized spacial score (nSPS) is 21.0. The van der Waals surface area contributed by atoms with E-state index in [1.54, 1.807) is 39.0 Å². The number of benzene rings is 1. The monoisotopic (exact) mass is 458 g/mol. The van der Waals surface area contributed by atoms with Gasteiger partial charge < -0.3 is 19.1 Å². The van der Waals surface area contributed by atoms with Gasteiger partial charge in [-0.25, -0.2) is 0 Å². The van der Waals surface area contributed by atoms with Gasteiger partial charge in [-0.05, 0) is 45.8 Å². The molecule has 2 unspecified atom stereocenters. The highest BCUT2D eigenvalue weighted by molar-refractivity contribution is 6.10. The molecule has 0 saturated carbocycles. The molecule has 2 aliphatic heterocycles. The number of carbonyl (C=O) groups is 3. The Morgan fingerprint density at radius 2 is 1.85 bits per heavy atom. The van der Waals surface area contributed by atoms with Crippen LogP contribution in [0.1, 0.15) is 38.3 Å². The molecule has 1 fully saturated rings. The van der Waals surface area contributed by atoms with E-state index in [0.29, 0.717) is 57.1 Å². The predicted octanol–water partition coefficient (Wildman–Crippen LogP) is 2.59. The van der Waals surface area contributed by atoms with Crippen molar-refractivity contribution in [3.63, 3.8) is 0 Å². The number of allylic oxidation sites excluding steroid dienone is 2. The quantitative estimate of drug-likeness (QED) is 0.415. The number of rotatable bonds is 9. The number of nitrogens with zero attached hydrogens (tertiary/aromatic N) is 2. The van der Waals surface area contributed by atoms with Crippen molar-refractivity contribution in [1.29, 1.82) is 0 Å². The van der Waals surface area contributed by atoms with E-state index in [0.717, 1.165) is 5.56 Å². The minimum absolute atomic E-state index is 0.169. The topological polar surface area (TPSA) is 85.4 Å². The second kappa shape index (κ2) is 11.4. The van der Waals surface area contributed by atoms with Crippen molar-refractivity contribution in [3.05, 3.63) is 41.6 Å². The van der Waals surface area contributed by atoms with Gasteiger partial charge in [0.2, 0.25) is 5.91 Å². The first-order chi connectivity index (χ1) is 15.9. The summed E-state index contributed by atoms with van der Waals surface area (Å²) in [5.41, 5.74) is 1.42. The highest BCUT2D eigenvalue weighted by atomic mass is 16.5. The summed E-state index contributed by atoms with van der Waals surface area (Å²) in [6.07, 6.45) is 2.78. The maximum atomic E-state index is 13.6. The Kier molecular flexibility index (Phi) is 8.63. The average molecular weight is 459 g/mol. The van der Waals surface area contributed by atoms with Gasteiger partial charge in [-0.15, -0.1) is 0 Å². The molecule has 0 aromatic heterocycles. The molecule has 3 rings (SSSR count). The Bertz CT molecular complexity index is 891. The summed E-state index contributed by atoms with van der Waals surface area (Å²) < 4.78 is 16.0. The third-order valence-corrected chi connectivity index (χ3v) is 6.45. The number of hydrogen-bond acceptors (Lipinski definition) is 7. The number of para-hydroxylation sites is 1. The summed E-state index contributed by atoms with van der Waals surface area (Å²) >= 11 is 0. The van der Waals surface area contributed by atoms with Gasteiger partial charge in [0.25, 0.3) is 0 Å². The minimum Gasteiger partial charge on any atom is -0.496 e. The molecule has 2 aliphatic rings. The van der Waals surface area contributed by atoms with Crippen molar-refractivity contribution in [1.82, 2.24) is 9.80 Å². The summed E-state index contributed by atoms with van der Waals surface area (Å²) in [6, 6.07) is 7.00. The fourth-order valence-electron chi connectivity index (χ4n) is 4.77. The number of amides is 1. The van der Waals surface area contributed by atoms with Gasteiger partial charge in [0.15, 0.2) is 5.78 Å². The summed E-state index contributed by atoms with van der Waals surface area (Å²) in [6.45, 7) is 5.83. The number of ketones is 1. The zero-order valence-corrected chi connectivity index (χ0v) is 19.9. The van der Waals surface area contributed by atoms with Crippen molar-refractivity contribution in [3.8, 4) is 5.75 Å². The SMILES string of the molecule is CCOC(=O)C1CCN(C(c2ccccc2OC)C2C(=O)C=C(C)N(CCOC)C2=O)CC1. The molecule has 0 bridgehead atoms. The second-order valence-electron chi connectivity index (χ2n) is 8.40. The number of likely N-dealkylation sites (tertiary alicyclic amines) is 1. The van der Waals surface area contributed by atoms with Crippen LogP contribution in [0.3, 0.4) is 0 Å². The summed E-state index contributed by atoms with van der Waals surface area (Å²) in [5, 5.41) is 0. The fourth-order valence-corrected chi connectivity index (χ4v) is 4.77. The van der Waals surface area contributed by atoms with Crippen LogP contribution in [0.15, 0.2) is 36.0 Å². The number of carbonyl (C=O) groups excluding carboxylic acids is 3. The molecule has 8 nitrogen and oxygen atoms in total. The van der Waals surface area contributed by atoms with Crippen LogP contribution < -0.4 is 4.74 Å². The second-order valence-corrected chi connectivity index (χ2v) is 8.40. The molecule has 2 atom stereocenters. The molecule has 0 N–H and O–H groups in total. The Labute approximate surface area is 195 Å². The van der Waals surface area contributed by atoms with Crippen LogP contribution >= 0.6 is 0 Å². The van der Waals surface area contributed by atoms with Crippen LogP contribution in [0.4, 0.5) is 0 Å². The Morgan fingerprint density at radius 3 is 2.48 bits per heavy atom. The highest BCUT2D eigenvalue weighted by Crippen LogP contribution is 2.40. The van der Waals surface area contributed by atoms with Gasteiger partial charge in [0, 0.05) is 31.0 Å². The van der Waals surface area contributed by atoms with Crippen molar-refractivity contribution in [2.75, 3.05) is 47.1 Å². The first-order valence-corrected chi connectivity index (χ1v) is 11.5. The van der Waals surface area contributed by atoms with E-state index in [-0.39, 0.29) is 23.6 Å². The van der Waals surface area contributed by atoms with Gasteiger partial charge in [-0.1, -0.05) is 18.2 Å². The van der Waals surface area contributed by atoms with Crippen molar-refractivity contribution < 1.29 is 28.6 Å². The van der Waals surface area contributed by atoms with Crippen LogP contribution in [-0.2, 0) is 23.9 Å². The van der Waals surface area contributed by atoms with E-state index in [1.165, 1.54) is 0 Å². The van der Waals surface area contributed by atoms with Crippen LogP contribution in [0, 0.1) is 11.8 Å². The lowest BCUT2D eigenvalue weighted by Crippen LogP contribution is -2.51. The van der Waals surface area contributed by atoms with Crippen LogP contribution in [0.2, 0.25) is 0 Å². The van der Waals surface area contributed by atoms with E-state index < -0.39 is 12.0 Å². The van der Waals surface area contributed by atoms with Crippen molar-refractivity contribution in [2.45, 2.75) is 32.7 Å². The predicted molar refractivity (Wildman–Crippen MR) is 123 cm³/mol. The summed E-state index contributed by atoms with van der Waals surface area (Å²) in [5.74, 6) is -1.07. The molecular formula is C25H34N2O6. The molecule has 33 heavy (non-hydrogen) atoms. The fraction of sp³-hybridized carbons (Fsp3) is 0.560. The standard InChI is InChI=1S/C25H34N2O6/c1-5-33-25(30)18-10-12-26(13-11-18)23(19-8-6-7-9-21(19)32-4)22-20(28)16-17(2)27(24(22)29)14-15-31-3/h6-9,16,18,22-23H,5,10-15H2,1-4H3. The van der Waals surface area contributed by atoms with Gasteiger partial charge in [-0.3, -0.25) is 19.3 Å². The zero-order chi connectivity index (χ0) is 24.0. The Balaban J connectivity index is 1.96. The summed E-state index contributed by atoms with van der Waals surface area (Å²) in [7, 11) is 3.17. The number of esters is 1. The molecule has 2 heterocycles. The molecule has 8 heteroatoms. The third-order valence-electron chi connectivity index (χ3n) is 6.45. The lowest BCUT2D eigenvalue weighted by Gasteiger charge is -2.42. The van der Waals surface area contributed by atoms with Gasteiger partial charge >= 0.3 is 5.97 Å². The molecule has 0 spiro atoms. The van der Waals surface area contributed by atoms with Gasteiger partial charge in [0.1, 0.15) is 11.7 Å². The summed E-state index contributed by atoms with van der Waals surface area (Å²) in [4.78, 5) is 42.9. The van der Waals surface area contributed by atoms with E-state index in [9.17, 15) is 14.4 Å². The molecule has 1 aromatic rings. The van der Waals surface area contributed by atoms with Gasteiger partial charge in [-0.2, -0.15) is 0 Å². The largest absolute Gasteiger partial charge is 0.496 e. The van der Waals surface area contributed by atoms with E-state index in [1.807, 2.05) is 24.3 Å². The number of piperidine rings is 1. The number of methoxy groups -OCH3 is 2. The Hall–Kier alpha value is -2.71. The minimum atomic E-state index is -0.902. The van der Waals surface area contributed by atoms with E-state index in [2.05, 4.69) is 4.90 Å². The molecular weight excluding hydrogens is 424 g/mol. The van der Waals surface area contributed by atoms with Gasteiger partial charge in [0.05, 0.1) is 32.3 Å². The van der Waals surface area contributed by atoms with Crippen LogP contribution in [-0.4, -0.2) is 74.5 Å². The smallest absolute Gasteiger partial charge is 0.309 e. The number of ether oxygens (including phenoxy) is 3. The molecule has 1 saturated heterocycles. The average Bonchev–Trinajstić information content (AvgIpc) is 2.82. The first-order valence-electron chi connectivity index (χ1n) is 11.5. The maximum Gasteiger partial charge on any atom is 0.309 e. The molecule has 0 radical (unpaired) electrons. The molecule has 1 aromatic carbocycles. The number of hydrogen-bond donors (Lipinski definition) is 0. The van der Waals surface area contributed by atoms with Crippen molar-refractivity contribution >= 4 is 17.7 Å². The molecule has 180 valence electrons. The highest BCUT2D eigenvalue weighted by Gasteiger charge is 2.45. The lowest BCUT2D eigenvalue weighted by atomic mass is 9.82. The molecule has 0 aliphatic carbocycles. The van der Waals surface area contributed by atoms with Crippen LogP contribution in [0.25, 0.3) is 0 Å². The van der Waals surface area contributed by atoms with E-state index >= 15 is 0 Å². The maximum absolute atomic E-state index is 13.6. The van der Waals surface area contributed by atoms with Crippen LogP contribution in [0.5, 0.6) is 5.75 Å². The van der Waals surface area contributed by atoms with E-state index in [4.69, 9.17) is 14.2 Å². The Morgan fingerprint density at radius 1 is 1.15 bits per heavy atom. The lowest BCUT2D eigenvalue weighted by molar-refractivity contribution is -0.151. The van der Waals surface area contributed by atoms with Crippen molar-refractivity contribution in [2.24, 2.45) is 11.8 Å². The third kappa shape index (κ3) is 5.45. The first kappa shape index (κ1) is 24.9. The zero-order valence-electron chi connectivity index (χ0n) is 19.9.